The van der Waals surface area contributed by atoms with Gasteiger partial charge in [-0.25, -0.2) is 4.98 Å². The van der Waals surface area contributed by atoms with Crippen LogP contribution in [0.2, 0.25) is 0 Å². The Bertz CT molecular complexity index is 876. The first-order valence-electron chi connectivity index (χ1n) is 7.72. The van der Waals surface area contributed by atoms with Crippen LogP contribution in [0.15, 0.2) is 63.1 Å². The van der Waals surface area contributed by atoms with Gasteiger partial charge in [-0.3, -0.25) is 9.59 Å². The summed E-state index contributed by atoms with van der Waals surface area (Å²) in [4.78, 5) is 29.0. The van der Waals surface area contributed by atoms with Crippen LogP contribution in [0.4, 0.5) is 5.69 Å². The average molecular weight is 388 g/mol. The first-order chi connectivity index (χ1) is 12.6. The molecular formula is C18H16N2O4S2. The Morgan fingerprint density at radius 2 is 1.92 bits per heavy atom. The molecule has 0 saturated carbocycles. The van der Waals surface area contributed by atoms with Crippen LogP contribution >= 0.6 is 23.5 Å². The van der Waals surface area contributed by atoms with E-state index in [-0.39, 0.29) is 18.3 Å². The maximum Gasteiger partial charge on any atom is 0.316 e. The molecule has 0 radical (unpaired) electrons. The molecule has 0 aliphatic carbocycles. The number of nitrogens with zero attached hydrogens (tertiary/aromatic N) is 1. The summed E-state index contributed by atoms with van der Waals surface area (Å²) < 4.78 is 10.5. The maximum atomic E-state index is 11.8. The number of ether oxygens (including phenoxy) is 1. The highest BCUT2D eigenvalue weighted by Gasteiger charge is 2.12. The van der Waals surface area contributed by atoms with Crippen LogP contribution in [0.5, 0.6) is 0 Å². The van der Waals surface area contributed by atoms with E-state index in [9.17, 15) is 9.59 Å². The van der Waals surface area contributed by atoms with Crippen molar-refractivity contribution in [1.82, 2.24) is 4.98 Å². The lowest BCUT2D eigenvalue weighted by atomic mass is 10.3. The van der Waals surface area contributed by atoms with E-state index >= 15 is 0 Å². The van der Waals surface area contributed by atoms with E-state index in [0.717, 1.165) is 22.2 Å². The fraction of sp³-hybridized carbons (Fsp3) is 0.167. The number of rotatable bonds is 7. The molecule has 0 aliphatic rings. The van der Waals surface area contributed by atoms with Crippen molar-refractivity contribution in [3.8, 4) is 0 Å². The quantitative estimate of drug-likeness (QED) is 0.487. The highest BCUT2D eigenvalue weighted by Crippen LogP contribution is 2.23. The zero-order valence-corrected chi connectivity index (χ0v) is 15.6. The second kappa shape index (κ2) is 8.77. The van der Waals surface area contributed by atoms with Gasteiger partial charge in [0.05, 0.1) is 0 Å². The van der Waals surface area contributed by atoms with Crippen molar-refractivity contribution in [2.24, 2.45) is 0 Å². The van der Waals surface area contributed by atoms with Crippen LogP contribution in [0.1, 0.15) is 0 Å². The molecular weight excluding hydrogens is 372 g/mol. The zero-order valence-electron chi connectivity index (χ0n) is 13.9. The van der Waals surface area contributed by atoms with Crippen molar-refractivity contribution in [3.05, 3.63) is 48.5 Å². The number of anilines is 1. The summed E-state index contributed by atoms with van der Waals surface area (Å²) in [6, 6.07) is 14.8. The van der Waals surface area contributed by atoms with Crippen molar-refractivity contribution >= 4 is 52.2 Å². The van der Waals surface area contributed by atoms with E-state index in [1.807, 2.05) is 36.6 Å². The van der Waals surface area contributed by atoms with E-state index in [0.29, 0.717) is 16.5 Å². The lowest BCUT2D eigenvalue weighted by molar-refractivity contribution is -0.144. The molecule has 0 spiro atoms. The number of hydrogen-bond acceptors (Lipinski definition) is 7. The summed E-state index contributed by atoms with van der Waals surface area (Å²) in [6.45, 7) is -0.336. The highest BCUT2D eigenvalue weighted by atomic mass is 32.2. The van der Waals surface area contributed by atoms with Crippen molar-refractivity contribution in [2.75, 3.05) is 23.9 Å². The number of benzene rings is 2. The normalized spacial score (nSPS) is 10.7. The Morgan fingerprint density at radius 3 is 2.65 bits per heavy atom. The fourth-order valence-corrected chi connectivity index (χ4v) is 3.14. The van der Waals surface area contributed by atoms with Crippen LogP contribution in [0.25, 0.3) is 11.1 Å². The molecule has 1 aromatic heterocycles. The van der Waals surface area contributed by atoms with Gasteiger partial charge in [-0.1, -0.05) is 23.9 Å². The number of para-hydroxylation sites is 2. The van der Waals surface area contributed by atoms with Crippen molar-refractivity contribution in [3.63, 3.8) is 0 Å². The minimum absolute atomic E-state index is 0.0164. The predicted molar refractivity (Wildman–Crippen MR) is 103 cm³/mol. The molecule has 0 unspecified atom stereocenters. The number of aromatic nitrogens is 1. The third-order valence-electron chi connectivity index (χ3n) is 3.33. The van der Waals surface area contributed by atoms with Crippen molar-refractivity contribution in [2.45, 2.75) is 10.1 Å². The SMILES string of the molecule is CSc1ccc(NC(=O)COC(=O)CSc2nc3ccccc3o2)cc1. The highest BCUT2D eigenvalue weighted by molar-refractivity contribution is 7.99. The smallest absolute Gasteiger partial charge is 0.316 e. The number of fused-ring (bicyclic) bond motifs is 1. The van der Waals surface area contributed by atoms with E-state index in [1.165, 1.54) is 0 Å². The van der Waals surface area contributed by atoms with Gasteiger partial charge < -0.3 is 14.5 Å². The molecule has 3 rings (SSSR count). The lowest BCUT2D eigenvalue weighted by Gasteiger charge is -2.06. The van der Waals surface area contributed by atoms with Gasteiger partial charge in [0.1, 0.15) is 11.3 Å². The third kappa shape index (κ3) is 5.03. The largest absolute Gasteiger partial charge is 0.455 e. The number of carbonyl (C=O) groups excluding carboxylic acids is 2. The molecule has 0 fully saturated rings. The number of oxazole rings is 1. The molecule has 2 aromatic carbocycles. The topological polar surface area (TPSA) is 81.4 Å². The summed E-state index contributed by atoms with van der Waals surface area (Å²) in [5, 5.41) is 3.07. The second-order valence-electron chi connectivity index (χ2n) is 5.17. The third-order valence-corrected chi connectivity index (χ3v) is 4.87. The monoisotopic (exact) mass is 388 g/mol. The van der Waals surface area contributed by atoms with Gasteiger partial charge in [0.15, 0.2) is 12.2 Å². The molecule has 0 saturated heterocycles. The molecule has 134 valence electrons. The predicted octanol–water partition coefficient (Wildman–Crippen LogP) is 3.82. The molecule has 8 heteroatoms. The summed E-state index contributed by atoms with van der Waals surface area (Å²) in [7, 11) is 0. The van der Waals surface area contributed by atoms with Gasteiger partial charge in [0, 0.05) is 10.6 Å². The Morgan fingerprint density at radius 1 is 1.15 bits per heavy atom. The first-order valence-corrected chi connectivity index (χ1v) is 9.93. The van der Waals surface area contributed by atoms with Crippen LogP contribution < -0.4 is 5.32 Å². The van der Waals surface area contributed by atoms with Crippen molar-refractivity contribution in [1.29, 1.82) is 0 Å². The van der Waals surface area contributed by atoms with Crippen LogP contribution in [-0.4, -0.2) is 35.5 Å². The second-order valence-corrected chi connectivity index (χ2v) is 6.98. The Labute approximate surface area is 158 Å². The van der Waals surface area contributed by atoms with Gasteiger partial charge >= 0.3 is 5.97 Å². The fourth-order valence-electron chi connectivity index (χ4n) is 2.09. The average Bonchev–Trinajstić information content (AvgIpc) is 3.08. The van der Waals surface area contributed by atoms with Gasteiger partial charge in [0.25, 0.3) is 11.1 Å². The number of esters is 1. The molecule has 1 amide bonds. The number of carbonyl (C=O) groups is 2. The number of hydrogen-bond donors (Lipinski definition) is 1. The van der Waals surface area contributed by atoms with Crippen LogP contribution in [-0.2, 0) is 14.3 Å². The summed E-state index contributed by atoms with van der Waals surface area (Å²) in [5.74, 6) is -0.880. The molecule has 0 atom stereocenters. The molecule has 3 aromatic rings. The standard InChI is InChI=1S/C18H16N2O4S2/c1-25-13-8-6-12(7-9-13)19-16(21)10-23-17(22)11-26-18-20-14-4-2-3-5-15(14)24-18/h2-9H,10-11H2,1H3,(H,19,21). The molecule has 1 N–H and O–H groups in total. The van der Waals surface area contributed by atoms with Crippen molar-refractivity contribution < 1.29 is 18.7 Å². The Kier molecular flexibility index (Phi) is 6.19. The van der Waals surface area contributed by atoms with Gasteiger partial charge in [-0.15, -0.1) is 11.8 Å². The van der Waals surface area contributed by atoms with E-state index in [2.05, 4.69) is 10.3 Å². The van der Waals surface area contributed by atoms with Gasteiger partial charge in [0.2, 0.25) is 0 Å². The van der Waals surface area contributed by atoms with Gasteiger partial charge in [-0.05, 0) is 42.7 Å². The first kappa shape index (κ1) is 18.3. The molecule has 0 bridgehead atoms. The number of nitrogens with one attached hydrogen (secondary N) is 1. The number of amides is 1. The van der Waals surface area contributed by atoms with E-state index in [4.69, 9.17) is 9.15 Å². The molecule has 6 nitrogen and oxygen atoms in total. The minimum atomic E-state index is -0.509. The molecule has 26 heavy (non-hydrogen) atoms. The lowest BCUT2D eigenvalue weighted by Crippen LogP contribution is -2.21. The minimum Gasteiger partial charge on any atom is -0.455 e. The number of thioether (sulfide) groups is 2. The van der Waals surface area contributed by atoms with E-state index in [1.54, 1.807) is 30.0 Å². The Balaban J connectivity index is 1.42. The maximum absolute atomic E-state index is 11.8. The molecule has 1 heterocycles. The van der Waals surface area contributed by atoms with Gasteiger partial charge in [-0.2, -0.15) is 0 Å². The van der Waals surface area contributed by atoms with Crippen LogP contribution in [0.3, 0.4) is 0 Å². The van der Waals surface area contributed by atoms with Crippen LogP contribution in [0, 0.1) is 0 Å². The zero-order chi connectivity index (χ0) is 18.4. The van der Waals surface area contributed by atoms with E-state index < -0.39 is 5.97 Å². The summed E-state index contributed by atoms with van der Waals surface area (Å²) in [5.41, 5.74) is 2.05. The Hall–Kier alpha value is -2.45. The summed E-state index contributed by atoms with van der Waals surface area (Å²) in [6.07, 6.45) is 1.98. The molecule has 0 aliphatic heterocycles. The summed E-state index contributed by atoms with van der Waals surface area (Å²) >= 11 is 2.75.